The van der Waals surface area contributed by atoms with E-state index in [1.807, 2.05) is 37.3 Å². The topological polar surface area (TPSA) is 46.2 Å². The third-order valence-corrected chi connectivity index (χ3v) is 4.75. The first-order chi connectivity index (χ1) is 10.1. The Morgan fingerprint density at radius 2 is 2.00 bits per heavy atom. The summed E-state index contributed by atoms with van der Waals surface area (Å²) in [7, 11) is 0. The Labute approximate surface area is 131 Å². The average Bonchev–Trinajstić information content (AvgIpc) is 2.49. The number of rotatable bonds is 2. The number of benzene rings is 2. The monoisotopic (exact) mass is 343 g/mol. The summed E-state index contributed by atoms with van der Waals surface area (Å²) in [6.45, 7) is 1.96. The van der Waals surface area contributed by atoms with Gasteiger partial charge in [-0.15, -0.1) is 0 Å². The number of aryl methyl sites for hydroxylation is 2. The minimum atomic E-state index is -0.00900. The van der Waals surface area contributed by atoms with Crippen LogP contribution in [0.15, 0.2) is 40.9 Å². The summed E-state index contributed by atoms with van der Waals surface area (Å²) in [6.07, 6.45) is 1.15. The molecule has 3 rings (SSSR count). The maximum Gasteiger partial charge on any atom is 0.224 e. The highest BCUT2D eigenvalue weighted by Crippen LogP contribution is 2.27. The summed E-state index contributed by atoms with van der Waals surface area (Å²) >= 11 is 3.48. The molecule has 0 aliphatic carbocycles. The Balaban J connectivity index is 1.99. The van der Waals surface area contributed by atoms with Gasteiger partial charge in [0, 0.05) is 27.7 Å². The van der Waals surface area contributed by atoms with Gasteiger partial charge in [0.1, 0.15) is 0 Å². The van der Waals surface area contributed by atoms with Crippen molar-refractivity contribution in [1.82, 2.24) is 0 Å². The molecule has 1 N–H and O–H groups in total. The number of halogens is 1. The molecule has 4 heteroatoms. The van der Waals surface area contributed by atoms with E-state index in [9.17, 15) is 9.59 Å². The second-order valence-electron chi connectivity index (χ2n) is 5.19. The number of ketones is 1. The molecule has 0 saturated heterocycles. The largest absolute Gasteiger partial charge is 0.326 e. The summed E-state index contributed by atoms with van der Waals surface area (Å²) in [4.78, 5) is 24.0. The zero-order valence-electron chi connectivity index (χ0n) is 11.6. The number of fused-ring (bicyclic) bond motifs is 1. The van der Waals surface area contributed by atoms with Gasteiger partial charge in [-0.3, -0.25) is 9.59 Å². The molecule has 0 fully saturated rings. The fourth-order valence-electron chi connectivity index (χ4n) is 2.50. The van der Waals surface area contributed by atoms with Crippen LogP contribution in [0.2, 0.25) is 0 Å². The molecule has 2 aromatic rings. The predicted molar refractivity (Wildman–Crippen MR) is 85.7 cm³/mol. The summed E-state index contributed by atoms with van der Waals surface area (Å²) in [5, 5.41) is 2.83. The Bertz CT molecular complexity index is 752. The smallest absolute Gasteiger partial charge is 0.224 e. The molecule has 1 amide bonds. The zero-order valence-corrected chi connectivity index (χ0v) is 13.2. The van der Waals surface area contributed by atoms with E-state index in [0.717, 1.165) is 21.3 Å². The van der Waals surface area contributed by atoms with Crippen molar-refractivity contribution in [3.8, 4) is 0 Å². The molecule has 106 valence electrons. The number of hydrogen-bond acceptors (Lipinski definition) is 2. The van der Waals surface area contributed by atoms with Gasteiger partial charge in [-0.25, -0.2) is 0 Å². The van der Waals surface area contributed by atoms with Gasteiger partial charge >= 0.3 is 0 Å². The van der Waals surface area contributed by atoms with Gasteiger partial charge in [-0.05, 0) is 64.7 Å². The van der Waals surface area contributed by atoms with Crippen LogP contribution in [0.3, 0.4) is 0 Å². The Kier molecular flexibility index (Phi) is 3.64. The highest BCUT2D eigenvalue weighted by molar-refractivity contribution is 9.10. The molecule has 0 saturated carbocycles. The maximum absolute atomic E-state index is 12.7. The lowest BCUT2D eigenvalue weighted by Crippen LogP contribution is -2.19. The van der Waals surface area contributed by atoms with Gasteiger partial charge in [0.25, 0.3) is 0 Å². The van der Waals surface area contributed by atoms with Crippen LogP contribution in [-0.2, 0) is 11.2 Å². The average molecular weight is 344 g/mol. The number of anilines is 1. The summed E-state index contributed by atoms with van der Waals surface area (Å²) in [6, 6.07) is 11.1. The summed E-state index contributed by atoms with van der Waals surface area (Å²) in [5.41, 5.74) is 4.17. The lowest BCUT2D eigenvalue weighted by Gasteiger charge is -2.17. The van der Waals surface area contributed by atoms with E-state index >= 15 is 0 Å². The normalized spacial score (nSPS) is 13.5. The van der Waals surface area contributed by atoms with Crippen molar-refractivity contribution in [3.63, 3.8) is 0 Å². The lowest BCUT2D eigenvalue weighted by atomic mass is 9.96. The Morgan fingerprint density at radius 3 is 2.81 bits per heavy atom. The standard InChI is InChI=1S/C17H14BrNO2/c1-10-3-2-4-13(16(10)18)17(21)12-5-7-14-11(9-12)6-8-15(20)19-14/h2-5,7,9H,6,8H2,1H3,(H,19,20). The molecule has 0 radical (unpaired) electrons. The number of amides is 1. The van der Waals surface area contributed by atoms with Gasteiger partial charge in [-0.2, -0.15) is 0 Å². The van der Waals surface area contributed by atoms with Crippen molar-refractivity contribution in [2.24, 2.45) is 0 Å². The fraction of sp³-hybridized carbons (Fsp3) is 0.176. The molecule has 0 aromatic heterocycles. The van der Waals surface area contributed by atoms with Gasteiger partial charge in [0.15, 0.2) is 5.78 Å². The lowest BCUT2D eigenvalue weighted by molar-refractivity contribution is -0.116. The van der Waals surface area contributed by atoms with Crippen molar-refractivity contribution >= 4 is 33.3 Å². The van der Waals surface area contributed by atoms with Crippen molar-refractivity contribution < 1.29 is 9.59 Å². The van der Waals surface area contributed by atoms with Gasteiger partial charge in [0.2, 0.25) is 5.91 Å². The summed E-state index contributed by atoms with van der Waals surface area (Å²) in [5.74, 6) is 0.0216. The first kappa shape index (κ1) is 14.0. The molecule has 1 heterocycles. The first-order valence-electron chi connectivity index (χ1n) is 6.79. The van der Waals surface area contributed by atoms with E-state index in [1.165, 1.54) is 0 Å². The highest BCUT2D eigenvalue weighted by Gasteiger charge is 2.18. The van der Waals surface area contributed by atoms with Crippen molar-refractivity contribution in [1.29, 1.82) is 0 Å². The Morgan fingerprint density at radius 1 is 1.19 bits per heavy atom. The molecular formula is C17H14BrNO2. The molecule has 2 aromatic carbocycles. The summed E-state index contributed by atoms with van der Waals surface area (Å²) < 4.78 is 0.834. The van der Waals surface area contributed by atoms with Crippen LogP contribution in [-0.4, -0.2) is 11.7 Å². The SMILES string of the molecule is Cc1cccc(C(=O)c2ccc3c(c2)CCC(=O)N3)c1Br. The van der Waals surface area contributed by atoms with E-state index in [-0.39, 0.29) is 11.7 Å². The van der Waals surface area contributed by atoms with Gasteiger partial charge in [-0.1, -0.05) is 12.1 Å². The second-order valence-corrected chi connectivity index (χ2v) is 5.98. The van der Waals surface area contributed by atoms with Crippen LogP contribution in [0, 0.1) is 6.92 Å². The van der Waals surface area contributed by atoms with E-state index < -0.39 is 0 Å². The molecule has 1 aliphatic rings. The van der Waals surface area contributed by atoms with E-state index in [4.69, 9.17) is 0 Å². The molecule has 0 bridgehead atoms. The molecule has 1 aliphatic heterocycles. The zero-order chi connectivity index (χ0) is 15.0. The number of carbonyl (C=O) groups excluding carboxylic acids is 2. The van der Waals surface area contributed by atoms with Gasteiger partial charge in [0.05, 0.1) is 0 Å². The molecule has 0 spiro atoms. The van der Waals surface area contributed by atoms with Crippen LogP contribution in [0.25, 0.3) is 0 Å². The molecular weight excluding hydrogens is 330 g/mol. The van der Waals surface area contributed by atoms with E-state index in [2.05, 4.69) is 21.2 Å². The van der Waals surface area contributed by atoms with Crippen LogP contribution >= 0.6 is 15.9 Å². The van der Waals surface area contributed by atoms with Crippen molar-refractivity contribution in [2.45, 2.75) is 19.8 Å². The fourth-order valence-corrected chi connectivity index (χ4v) is 2.95. The van der Waals surface area contributed by atoms with Crippen LogP contribution in [0.1, 0.15) is 33.5 Å². The molecule has 0 unspecified atom stereocenters. The van der Waals surface area contributed by atoms with Crippen molar-refractivity contribution in [3.05, 3.63) is 63.1 Å². The second kappa shape index (κ2) is 5.45. The van der Waals surface area contributed by atoms with E-state index in [0.29, 0.717) is 24.0 Å². The third-order valence-electron chi connectivity index (χ3n) is 3.70. The minimum absolute atomic E-state index is 0.00900. The number of carbonyl (C=O) groups is 2. The van der Waals surface area contributed by atoms with Gasteiger partial charge < -0.3 is 5.32 Å². The number of hydrogen-bond donors (Lipinski definition) is 1. The van der Waals surface area contributed by atoms with Crippen molar-refractivity contribution in [2.75, 3.05) is 5.32 Å². The quantitative estimate of drug-likeness (QED) is 0.841. The first-order valence-corrected chi connectivity index (χ1v) is 7.58. The molecule has 21 heavy (non-hydrogen) atoms. The molecule has 0 atom stereocenters. The third kappa shape index (κ3) is 2.63. The minimum Gasteiger partial charge on any atom is -0.326 e. The van der Waals surface area contributed by atoms with Crippen LogP contribution in [0.4, 0.5) is 5.69 Å². The maximum atomic E-state index is 12.7. The highest BCUT2D eigenvalue weighted by atomic mass is 79.9. The van der Waals surface area contributed by atoms with E-state index in [1.54, 1.807) is 6.07 Å². The van der Waals surface area contributed by atoms with Crippen LogP contribution < -0.4 is 5.32 Å². The number of nitrogens with one attached hydrogen (secondary N) is 1. The predicted octanol–water partition coefficient (Wildman–Crippen LogP) is 3.87. The Hall–Kier alpha value is -1.94. The van der Waals surface area contributed by atoms with Crippen LogP contribution in [0.5, 0.6) is 0 Å². The molecule has 3 nitrogen and oxygen atoms in total.